The van der Waals surface area contributed by atoms with E-state index in [1.54, 1.807) is 21.3 Å². The Kier molecular flexibility index (Phi) is 7.87. The predicted octanol–water partition coefficient (Wildman–Crippen LogP) is 3.67. The highest BCUT2D eigenvalue weighted by Gasteiger charge is 2.24. The lowest BCUT2D eigenvalue weighted by molar-refractivity contribution is 0.0615. The number of hydrogen-bond acceptors (Lipinski definition) is 8. The number of ether oxygens (including phenoxy) is 4. The number of thiazole rings is 1. The topological polar surface area (TPSA) is 73.4 Å². The number of aromatic nitrogens is 1. The molecule has 1 aromatic heterocycles. The van der Waals surface area contributed by atoms with Crippen molar-refractivity contribution in [2.24, 2.45) is 0 Å². The Morgan fingerprint density at radius 2 is 1.62 bits per heavy atom. The summed E-state index contributed by atoms with van der Waals surface area (Å²) in [6.45, 7) is 4.37. The van der Waals surface area contributed by atoms with Gasteiger partial charge in [0.05, 0.1) is 21.3 Å². The van der Waals surface area contributed by atoms with Crippen LogP contribution in [0.15, 0.2) is 47.8 Å². The molecule has 0 bridgehead atoms. The van der Waals surface area contributed by atoms with Gasteiger partial charge in [-0.25, -0.2) is 4.98 Å². The van der Waals surface area contributed by atoms with Gasteiger partial charge < -0.3 is 23.8 Å². The fourth-order valence-corrected chi connectivity index (χ4v) is 4.57. The smallest absolute Gasteiger partial charge is 0.273 e. The largest absolute Gasteiger partial charge is 0.497 e. The molecule has 1 aliphatic rings. The van der Waals surface area contributed by atoms with Crippen molar-refractivity contribution in [3.05, 3.63) is 53.5 Å². The van der Waals surface area contributed by atoms with E-state index in [1.165, 1.54) is 11.3 Å². The minimum atomic E-state index is -0.0305. The van der Waals surface area contributed by atoms with Gasteiger partial charge in [-0.3, -0.25) is 9.69 Å². The molecule has 1 fully saturated rings. The molecule has 34 heavy (non-hydrogen) atoms. The van der Waals surface area contributed by atoms with Crippen LogP contribution in [0.2, 0.25) is 0 Å². The number of carbonyl (C=O) groups excluding carboxylic acids is 1. The van der Waals surface area contributed by atoms with Crippen LogP contribution in [-0.2, 0) is 0 Å². The van der Waals surface area contributed by atoms with Crippen molar-refractivity contribution in [3.63, 3.8) is 0 Å². The molecule has 180 valence electrons. The van der Waals surface area contributed by atoms with Crippen molar-refractivity contribution >= 4 is 17.2 Å². The molecule has 2 aromatic carbocycles. The van der Waals surface area contributed by atoms with Crippen LogP contribution in [-0.4, -0.2) is 81.4 Å². The first-order valence-electron chi connectivity index (χ1n) is 11.1. The third-order valence-electron chi connectivity index (χ3n) is 5.75. The maximum atomic E-state index is 13.0. The Morgan fingerprint density at radius 3 is 2.29 bits per heavy atom. The van der Waals surface area contributed by atoms with E-state index in [1.807, 2.05) is 52.7 Å². The van der Waals surface area contributed by atoms with E-state index >= 15 is 0 Å². The number of benzene rings is 2. The summed E-state index contributed by atoms with van der Waals surface area (Å²) in [5.41, 5.74) is 1.37. The number of piperazine rings is 1. The van der Waals surface area contributed by atoms with Crippen LogP contribution in [0.5, 0.6) is 23.0 Å². The molecule has 0 spiro atoms. The highest BCUT2D eigenvalue weighted by molar-refractivity contribution is 7.13. The van der Waals surface area contributed by atoms with Crippen molar-refractivity contribution in [3.8, 4) is 33.6 Å². The molecule has 9 heteroatoms. The lowest BCUT2D eigenvalue weighted by atomic mass is 10.2. The molecule has 0 atom stereocenters. The van der Waals surface area contributed by atoms with Gasteiger partial charge in [0.1, 0.15) is 28.8 Å². The van der Waals surface area contributed by atoms with Gasteiger partial charge in [-0.1, -0.05) is 0 Å². The summed E-state index contributed by atoms with van der Waals surface area (Å²) in [5.74, 6) is 2.89. The Balaban J connectivity index is 1.27. The molecule has 1 saturated heterocycles. The first-order valence-corrected chi connectivity index (χ1v) is 12.0. The third kappa shape index (κ3) is 5.60. The Bertz CT molecular complexity index is 1090. The average molecular weight is 484 g/mol. The molecule has 2 heterocycles. The number of hydrogen-bond donors (Lipinski definition) is 0. The monoisotopic (exact) mass is 483 g/mol. The molecule has 0 N–H and O–H groups in total. The molecule has 0 saturated carbocycles. The summed E-state index contributed by atoms with van der Waals surface area (Å²) in [7, 11) is 4.85. The average Bonchev–Trinajstić information content (AvgIpc) is 3.39. The zero-order chi connectivity index (χ0) is 23.9. The number of methoxy groups -OCH3 is 3. The zero-order valence-corrected chi connectivity index (χ0v) is 20.5. The molecule has 1 aliphatic heterocycles. The minimum absolute atomic E-state index is 0.0305. The van der Waals surface area contributed by atoms with Crippen molar-refractivity contribution in [1.29, 1.82) is 0 Å². The summed E-state index contributed by atoms with van der Waals surface area (Å²) in [6.07, 6.45) is 0. The van der Waals surface area contributed by atoms with E-state index in [2.05, 4.69) is 9.88 Å². The van der Waals surface area contributed by atoms with E-state index < -0.39 is 0 Å². The van der Waals surface area contributed by atoms with Crippen molar-refractivity contribution in [1.82, 2.24) is 14.8 Å². The molecule has 0 unspecified atom stereocenters. The minimum Gasteiger partial charge on any atom is -0.497 e. The quantitative estimate of drug-likeness (QED) is 0.460. The number of rotatable bonds is 9. The Hall–Kier alpha value is -3.30. The van der Waals surface area contributed by atoms with Crippen LogP contribution in [0, 0.1) is 0 Å². The molecule has 0 aliphatic carbocycles. The van der Waals surface area contributed by atoms with E-state index in [4.69, 9.17) is 18.9 Å². The van der Waals surface area contributed by atoms with Gasteiger partial charge in [0.15, 0.2) is 11.5 Å². The van der Waals surface area contributed by atoms with Crippen LogP contribution in [0.25, 0.3) is 10.6 Å². The summed E-state index contributed by atoms with van der Waals surface area (Å²) in [6, 6.07) is 13.2. The van der Waals surface area contributed by atoms with E-state index in [-0.39, 0.29) is 5.91 Å². The lowest BCUT2D eigenvalue weighted by Crippen LogP contribution is -2.49. The van der Waals surface area contributed by atoms with Crippen molar-refractivity contribution < 1.29 is 23.7 Å². The second-order valence-electron chi connectivity index (χ2n) is 7.77. The normalized spacial score (nSPS) is 14.0. The molecule has 3 aromatic rings. The molecular formula is C25H29N3O5S. The van der Waals surface area contributed by atoms with Crippen LogP contribution < -0.4 is 18.9 Å². The van der Waals surface area contributed by atoms with Gasteiger partial charge in [0.2, 0.25) is 0 Å². The second-order valence-corrected chi connectivity index (χ2v) is 8.62. The summed E-state index contributed by atoms with van der Waals surface area (Å²) < 4.78 is 21.7. The number of nitrogens with zero attached hydrogens (tertiary/aromatic N) is 3. The van der Waals surface area contributed by atoms with Crippen LogP contribution in [0.1, 0.15) is 10.5 Å². The fraction of sp³-hybridized carbons (Fsp3) is 0.360. The van der Waals surface area contributed by atoms with Crippen molar-refractivity contribution in [2.45, 2.75) is 0 Å². The fourth-order valence-electron chi connectivity index (χ4n) is 3.77. The molecule has 1 amide bonds. The van der Waals surface area contributed by atoms with Gasteiger partial charge in [-0.15, -0.1) is 11.3 Å². The first kappa shape index (κ1) is 23.8. The van der Waals surface area contributed by atoms with Crippen LogP contribution in [0.4, 0.5) is 0 Å². The van der Waals surface area contributed by atoms with Gasteiger partial charge in [-0.05, 0) is 42.5 Å². The van der Waals surface area contributed by atoms with Gasteiger partial charge >= 0.3 is 0 Å². The standard InChI is InChI=1S/C25H29N3O5S/c1-30-19-5-7-20(8-6-19)33-15-14-27-10-12-28(13-11-27)25(29)21-17-34-24(26-21)18-4-9-22(31-2)23(16-18)32-3/h4-9,16-17H,10-15H2,1-3H3. The SMILES string of the molecule is COc1ccc(OCCN2CCN(C(=O)c3csc(-c4ccc(OC)c(OC)c4)n3)CC2)cc1. The van der Waals surface area contributed by atoms with E-state index in [9.17, 15) is 4.79 Å². The number of carbonyl (C=O) groups is 1. The number of amides is 1. The zero-order valence-electron chi connectivity index (χ0n) is 19.7. The van der Waals surface area contributed by atoms with Crippen LogP contribution in [0.3, 0.4) is 0 Å². The predicted molar refractivity (Wildman–Crippen MR) is 131 cm³/mol. The van der Waals surface area contributed by atoms with E-state index in [0.29, 0.717) is 36.9 Å². The van der Waals surface area contributed by atoms with Gasteiger partial charge in [0, 0.05) is 43.7 Å². The molecule has 0 radical (unpaired) electrons. The summed E-state index contributed by atoms with van der Waals surface area (Å²) >= 11 is 1.45. The Morgan fingerprint density at radius 1 is 0.912 bits per heavy atom. The van der Waals surface area contributed by atoms with Gasteiger partial charge in [0.25, 0.3) is 5.91 Å². The first-order chi connectivity index (χ1) is 16.6. The maximum absolute atomic E-state index is 13.0. The maximum Gasteiger partial charge on any atom is 0.273 e. The second kappa shape index (κ2) is 11.2. The van der Waals surface area contributed by atoms with Gasteiger partial charge in [-0.2, -0.15) is 0 Å². The summed E-state index contributed by atoms with van der Waals surface area (Å²) in [4.78, 5) is 21.8. The molecule has 4 rings (SSSR count). The molecular weight excluding hydrogens is 454 g/mol. The Labute approximate surface area is 203 Å². The lowest BCUT2D eigenvalue weighted by Gasteiger charge is -2.34. The highest BCUT2D eigenvalue weighted by Crippen LogP contribution is 2.33. The third-order valence-corrected chi connectivity index (χ3v) is 6.64. The van der Waals surface area contributed by atoms with E-state index in [0.717, 1.165) is 41.7 Å². The molecule has 8 nitrogen and oxygen atoms in total. The van der Waals surface area contributed by atoms with Crippen molar-refractivity contribution in [2.75, 3.05) is 60.7 Å². The highest BCUT2D eigenvalue weighted by atomic mass is 32.1. The van der Waals surface area contributed by atoms with Crippen LogP contribution >= 0.6 is 11.3 Å². The summed E-state index contributed by atoms with van der Waals surface area (Å²) in [5, 5.41) is 2.60.